The van der Waals surface area contributed by atoms with Crippen LogP contribution in [-0.4, -0.2) is 58.3 Å². The van der Waals surface area contributed by atoms with Gasteiger partial charge in [-0.3, -0.25) is 14.5 Å². The zero-order valence-corrected chi connectivity index (χ0v) is 19.2. The Morgan fingerprint density at radius 2 is 1.84 bits per heavy atom. The number of hydrogen-bond donors (Lipinski definition) is 0. The minimum atomic E-state index is 0.0803. The van der Waals surface area contributed by atoms with Crippen LogP contribution in [0.2, 0.25) is 0 Å². The van der Waals surface area contributed by atoms with Gasteiger partial charge in [0.25, 0.3) is 0 Å². The van der Waals surface area contributed by atoms with Gasteiger partial charge in [0.1, 0.15) is 11.6 Å². The second-order valence-corrected chi connectivity index (χ2v) is 8.89. The summed E-state index contributed by atoms with van der Waals surface area (Å²) in [5.41, 5.74) is 2.99. The third-order valence-electron chi connectivity index (χ3n) is 6.44. The monoisotopic (exact) mass is 435 g/mol. The molecule has 1 aromatic carbocycles. The molecule has 170 valence electrons. The van der Waals surface area contributed by atoms with Crippen LogP contribution >= 0.6 is 0 Å². The number of anilines is 1. The summed E-state index contributed by atoms with van der Waals surface area (Å²) in [5, 5.41) is 0. The van der Waals surface area contributed by atoms with E-state index >= 15 is 0 Å². The first kappa shape index (κ1) is 22.4. The molecular weight excluding hydrogens is 402 g/mol. The van der Waals surface area contributed by atoms with Gasteiger partial charge in [0.2, 0.25) is 11.8 Å². The Morgan fingerprint density at radius 1 is 1.09 bits per heavy atom. The number of fused-ring (bicyclic) bond motifs is 1. The zero-order chi connectivity index (χ0) is 22.5. The lowest BCUT2D eigenvalue weighted by atomic mass is 10.0. The molecule has 2 aliphatic heterocycles. The molecule has 0 radical (unpaired) electrons. The maximum absolute atomic E-state index is 12.7. The lowest BCUT2D eigenvalue weighted by molar-refractivity contribution is -0.130. The van der Waals surface area contributed by atoms with Crippen LogP contribution in [0, 0.1) is 6.92 Å². The van der Waals surface area contributed by atoms with E-state index in [0.717, 1.165) is 42.9 Å². The average Bonchev–Trinajstić information content (AvgIpc) is 3.30. The quantitative estimate of drug-likeness (QED) is 0.637. The molecule has 0 atom stereocenters. The van der Waals surface area contributed by atoms with Gasteiger partial charge in [-0.15, -0.1) is 0 Å². The minimum absolute atomic E-state index is 0.0803. The summed E-state index contributed by atoms with van der Waals surface area (Å²) in [6, 6.07) is 9.96. The van der Waals surface area contributed by atoms with Gasteiger partial charge in [-0.05, 0) is 57.8 Å². The molecule has 0 bridgehead atoms. The van der Waals surface area contributed by atoms with Gasteiger partial charge in [-0.1, -0.05) is 30.3 Å². The summed E-state index contributed by atoms with van der Waals surface area (Å²) in [7, 11) is 1.81. The van der Waals surface area contributed by atoms with E-state index in [1.165, 1.54) is 12.8 Å². The van der Waals surface area contributed by atoms with Crippen LogP contribution in [0.15, 0.2) is 30.3 Å². The molecule has 0 aliphatic carbocycles. The lowest BCUT2D eigenvalue weighted by Gasteiger charge is -2.30. The van der Waals surface area contributed by atoms with Gasteiger partial charge in [0.15, 0.2) is 0 Å². The maximum Gasteiger partial charge on any atom is 0.228 e. The van der Waals surface area contributed by atoms with Gasteiger partial charge in [0.05, 0.1) is 13.1 Å². The number of likely N-dealkylation sites (tertiary alicyclic amines) is 1. The number of amides is 2. The molecule has 4 rings (SSSR count). The molecule has 32 heavy (non-hydrogen) atoms. The Hall–Kier alpha value is -2.80. The normalized spacial score (nSPS) is 16.3. The van der Waals surface area contributed by atoms with Gasteiger partial charge in [-0.2, -0.15) is 0 Å². The molecule has 7 nitrogen and oxygen atoms in total. The molecule has 3 heterocycles. The number of carbonyl (C=O) groups is 2. The van der Waals surface area contributed by atoms with Crippen molar-refractivity contribution in [3.8, 4) is 0 Å². The highest BCUT2D eigenvalue weighted by molar-refractivity contribution is 5.95. The summed E-state index contributed by atoms with van der Waals surface area (Å²) in [5.74, 6) is 1.48. The highest BCUT2D eigenvalue weighted by Crippen LogP contribution is 2.29. The SMILES string of the molecule is Cc1nc(CN(C)C(=O)CCCN2CCCC2)nc2c1CCC(=O)N2Cc1ccccc1. The number of hydrogen-bond acceptors (Lipinski definition) is 5. The lowest BCUT2D eigenvalue weighted by Crippen LogP contribution is -2.36. The summed E-state index contributed by atoms with van der Waals surface area (Å²) in [4.78, 5) is 40.7. The topological polar surface area (TPSA) is 69.6 Å². The molecular formula is C25H33N5O2. The zero-order valence-electron chi connectivity index (χ0n) is 19.2. The van der Waals surface area contributed by atoms with Crippen LogP contribution in [0.5, 0.6) is 0 Å². The van der Waals surface area contributed by atoms with Gasteiger partial charge >= 0.3 is 0 Å². The second kappa shape index (κ2) is 10.2. The first-order valence-corrected chi connectivity index (χ1v) is 11.7. The minimum Gasteiger partial charge on any atom is -0.338 e. The van der Waals surface area contributed by atoms with Crippen LogP contribution in [0.4, 0.5) is 5.82 Å². The maximum atomic E-state index is 12.7. The van der Waals surface area contributed by atoms with Crippen molar-refractivity contribution < 1.29 is 9.59 Å². The molecule has 1 saturated heterocycles. The number of aromatic nitrogens is 2. The highest BCUT2D eigenvalue weighted by atomic mass is 16.2. The van der Waals surface area contributed by atoms with E-state index in [2.05, 4.69) is 9.88 Å². The van der Waals surface area contributed by atoms with Crippen LogP contribution in [0.25, 0.3) is 0 Å². The summed E-state index contributed by atoms with van der Waals surface area (Å²) >= 11 is 0. The van der Waals surface area contributed by atoms with Crippen LogP contribution in [0.1, 0.15) is 54.7 Å². The molecule has 7 heteroatoms. The van der Waals surface area contributed by atoms with Crippen molar-refractivity contribution in [2.45, 2.75) is 58.5 Å². The molecule has 0 N–H and O–H groups in total. The van der Waals surface area contributed by atoms with E-state index in [4.69, 9.17) is 4.98 Å². The fourth-order valence-electron chi connectivity index (χ4n) is 4.59. The van der Waals surface area contributed by atoms with Gasteiger partial charge < -0.3 is 9.80 Å². The van der Waals surface area contributed by atoms with E-state index in [1.807, 2.05) is 44.3 Å². The number of aryl methyl sites for hydroxylation is 1. The van der Waals surface area contributed by atoms with Gasteiger partial charge in [-0.25, -0.2) is 9.97 Å². The molecule has 1 aromatic heterocycles. The Labute approximate surface area is 190 Å². The molecule has 0 spiro atoms. The van der Waals surface area contributed by atoms with Crippen LogP contribution in [-0.2, 0) is 29.1 Å². The predicted octanol–water partition coefficient (Wildman–Crippen LogP) is 3.10. The van der Waals surface area contributed by atoms with Crippen molar-refractivity contribution >= 4 is 17.6 Å². The van der Waals surface area contributed by atoms with E-state index in [9.17, 15) is 9.59 Å². The average molecular weight is 436 g/mol. The first-order chi connectivity index (χ1) is 15.5. The van der Waals surface area contributed by atoms with E-state index in [0.29, 0.717) is 44.0 Å². The standard InChI is InChI=1S/C25H33N5O2/c1-19-21-12-13-24(32)30(17-20-9-4-3-5-10-20)25(21)27-22(26-19)18-28(2)23(31)11-8-16-29-14-6-7-15-29/h3-5,9-10H,6-8,11-18H2,1-2H3. The number of carbonyl (C=O) groups excluding carboxylic acids is 2. The summed E-state index contributed by atoms with van der Waals surface area (Å²) in [6.45, 7) is 6.12. The Morgan fingerprint density at radius 3 is 2.59 bits per heavy atom. The summed E-state index contributed by atoms with van der Waals surface area (Å²) < 4.78 is 0. The Bertz CT molecular complexity index is 956. The van der Waals surface area contributed by atoms with E-state index in [1.54, 1.807) is 9.80 Å². The fourth-order valence-corrected chi connectivity index (χ4v) is 4.59. The summed E-state index contributed by atoms with van der Waals surface area (Å²) in [6.07, 6.45) is 5.09. The Balaban J connectivity index is 1.44. The third kappa shape index (κ3) is 5.33. The largest absolute Gasteiger partial charge is 0.338 e. The molecule has 2 aliphatic rings. The van der Waals surface area contributed by atoms with Crippen molar-refractivity contribution in [3.05, 3.63) is 53.0 Å². The fraction of sp³-hybridized carbons (Fsp3) is 0.520. The van der Waals surface area contributed by atoms with Crippen molar-refractivity contribution in [1.82, 2.24) is 19.8 Å². The predicted molar refractivity (Wildman–Crippen MR) is 124 cm³/mol. The van der Waals surface area contributed by atoms with Gasteiger partial charge in [0, 0.05) is 31.1 Å². The van der Waals surface area contributed by atoms with Crippen molar-refractivity contribution in [3.63, 3.8) is 0 Å². The van der Waals surface area contributed by atoms with Crippen LogP contribution < -0.4 is 4.90 Å². The number of nitrogens with zero attached hydrogens (tertiary/aromatic N) is 5. The highest BCUT2D eigenvalue weighted by Gasteiger charge is 2.28. The Kier molecular flexibility index (Phi) is 7.15. The van der Waals surface area contributed by atoms with Crippen molar-refractivity contribution in [2.24, 2.45) is 0 Å². The van der Waals surface area contributed by atoms with Crippen molar-refractivity contribution in [2.75, 3.05) is 31.6 Å². The third-order valence-corrected chi connectivity index (χ3v) is 6.44. The van der Waals surface area contributed by atoms with E-state index in [-0.39, 0.29) is 11.8 Å². The molecule has 1 fully saturated rings. The molecule has 2 aromatic rings. The number of benzene rings is 1. The molecule has 0 saturated carbocycles. The first-order valence-electron chi connectivity index (χ1n) is 11.7. The smallest absolute Gasteiger partial charge is 0.228 e. The molecule has 2 amide bonds. The second-order valence-electron chi connectivity index (χ2n) is 8.89. The molecule has 0 unspecified atom stereocenters. The van der Waals surface area contributed by atoms with Crippen LogP contribution in [0.3, 0.4) is 0 Å². The van der Waals surface area contributed by atoms with E-state index < -0.39 is 0 Å². The van der Waals surface area contributed by atoms with Crippen molar-refractivity contribution in [1.29, 1.82) is 0 Å². The number of rotatable bonds is 8.